The number of anilines is 1. The van der Waals surface area contributed by atoms with Crippen molar-refractivity contribution in [3.63, 3.8) is 0 Å². The first kappa shape index (κ1) is 17.2. The molecule has 1 heterocycles. The number of hydrogen-bond acceptors (Lipinski definition) is 4. The van der Waals surface area contributed by atoms with E-state index in [-0.39, 0.29) is 5.41 Å². The van der Waals surface area contributed by atoms with Crippen LogP contribution in [-0.4, -0.2) is 40.5 Å². The molecule has 0 aliphatic heterocycles. The Labute approximate surface area is 127 Å². The standard InChI is InChI=1S/C15H27ClN4/c1-7-20(8-2)10-11(3)17-13-9-12(16)18-14(19-13)15(4,5)6/h9,11H,7-8,10H2,1-6H3,(H,17,18,19). The van der Waals surface area contributed by atoms with Crippen LogP contribution in [0.4, 0.5) is 5.82 Å². The summed E-state index contributed by atoms with van der Waals surface area (Å²) in [5, 5.41) is 3.91. The topological polar surface area (TPSA) is 41.0 Å². The number of halogens is 1. The Morgan fingerprint density at radius 2 is 1.85 bits per heavy atom. The number of rotatable bonds is 6. The first-order valence-electron chi connectivity index (χ1n) is 7.30. The molecule has 0 bridgehead atoms. The van der Waals surface area contributed by atoms with Crippen molar-refractivity contribution in [1.82, 2.24) is 14.9 Å². The molecule has 1 atom stereocenters. The highest BCUT2D eigenvalue weighted by atomic mass is 35.5. The van der Waals surface area contributed by atoms with Gasteiger partial charge in [-0.1, -0.05) is 46.2 Å². The van der Waals surface area contributed by atoms with Gasteiger partial charge in [0.2, 0.25) is 0 Å². The highest BCUT2D eigenvalue weighted by molar-refractivity contribution is 6.29. The summed E-state index contributed by atoms with van der Waals surface area (Å²) in [5.74, 6) is 1.57. The third-order valence-electron chi connectivity index (χ3n) is 3.19. The molecule has 1 unspecified atom stereocenters. The lowest BCUT2D eigenvalue weighted by Crippen LogP contribution is -2.35. The number of nitrogens with one attached hydrogen (secondary N) is 1. The molecule has 1 aromatic heterocycles. The second kappa shape index (κ2) is 7.23. The molecule has 114 valence electrons. The van der Waals surface area contributed by atoms with E-state index < -0.39 is 0 Å². The minimum Gasteiger partial charge on any atom is -0.366 e. The van der Waals surface area contributed by atoms with Gasteiger partial charge >= 0.3 is 0 Å². The van der Waals surface area contributed by atoms with Crippen molar-refractivity contribution in [2.45, 2.75) is 53.0 Å². The fraction of sp³-hybridized carbons (Fsp3) is 0.733. The van der Waals surface area contributed by atoms with Crippen LogP contribution in [0.25, 0.3) is 0 Å². The van der Waals surface area contributed by atoms with Gasteiger partial charge in [0, 0.05) is 24.1 Å². The Kier molecular flexibility index (Phi) is 6.21. The van der Waals surface area contributed by atoms with E-state index in [1.807, 2.05) is 0 Å². The Bertz CT molecular complexity index is 424. The molecule has 5 heteroatoms. The number of likely N-dealkylation sites (N-methyl/N-ethyl adjacent to an activating group) is 1. The number of hydrogen-bond donors (Lipinski definition) is 1. The lowest BCUT2D eigenvalue weighted by molar-refractivity contribution is 0.294. The van der Waals surface area contributed by atoms with E-state index in [0.717, 1.165) is 31.3 Å². The monoisotopic (exact) mass is 298 g/mol. The average Bonchev–Trinajstić information content (AvgIpc) is 2.34. The van der Waals surface area contributed by atoms with Crippen LogP contribution in [0.2, 0.25) is 5.15 Å². The van der Waals surface area contributed by atoms with Gasteiger partial charge in [-0.15, -0.1) is 0 Å². The molecule has 0 saturated heterocycles. The Hall–Kier alpha value is -0.870. The van der Waals surface area contributed by atoms with Crippen LogP contribution < -0.4 is 5.32 Å². The predicted octanol–water partition coefficient (Wildman–Crippen LogP) is 3.57. The molecule has 0 radical (unpaired) electrons. The van der Waals surface area contributed by atoms with E-state index >= 15 is 0 Å². The SMILES string of the molecule is CCN(CC)CC(C)Nc1cc(Cl)nc(C(C)(C)C)n1. The van der Waals surface area contributed by atoms with Crippen LogP contribution >= 0.6 is 11.6 Å². The second-order valence-corrected chi connectivity index (χ2v) is 6.57. The molecule has 0 aliphatic carbocycles. The fourth-order valence-electron chi connectivity index (χ4n) is 1.99. The van der Waals surface area contributed by atoms with Crippen LogP contribution in [0.1, 0.15) is 47.4 Å². The molecule has 1 aromatic rings. The third-order valence-corrected chi connectivity index (χ3v) is 3.38. The highest BCUT2D eigenvalue weighted by Crippen LogP contribution is 2.22. The lowest BCUT2D eigenvalue weighted by atomic mass is 9.96. The molecule has 1 rings (SSSR count). The molecule has 0 amide bonds. The third kappa shape index (κ3) is 5.25. The zero-order chi connectivity index (χ0) is 15.3. The van der Waals surface area contributed by atoms with Crippen molar-refractivity contribution >= 4 is 17.4 Å². The summed E-state index contributed by atoms with van der Waals surface area (Å²) in [6, 6.07) is 2.10. The van der Waals surface area contributed by atoms with Gasteiger partial charge in [-0.2, -0.15) is 0 Å². The summed E-state index contributed by atoms with van der Waals surface area (Å²) in [6.45, 7) is 15.9. The minimum absolute atomic E-state index is 0.108. The maximum absolute atomic E-state index is 6.10. The van der Waals surface area contributed by atoms with E-state index in [2.05, 4.69) is 61.7 Å². The Morgan fingerprint density at radius 3 is 2.35 bits per heavy atom. The molecule has 4 nitrogen and oxygen atoms in total. The van der Waals surface area contributed by atoms with Crippen LogP contribution in [0.5, 0.6) is 0 Å². The largest absolute Gasteiger partial charge is 0.366 e. The Balaban J connectivity index is 2.79. The second-order valence-electron chi connectivity index (χ2n) is 6.18. The summed E-state index contributed by atoms with van der Waals surface area (Å²) in [7, 11) is 0. The summed E-state index contributed by atoms with van der Waals surface area (Å²) < 4.78 is 0. The molecule has 0 spiro atoms. The van der Waals surface area contributed by atoms with Crippen molar-refractivity contribution < 1.29 is 0 Å². The first-order valence-corrected chi connectivity index (χ1v) is 7.68. The van der Waals surface area contributed by atoms with Gasteiger partial charge in [0.05, 0.1) is 0 Å². The van der Waals surface area contributed by atoms with Crippen molar-refractivity contribution in [3.8, 4) is 0 Å². The van der Waals surface area contributed by atoms with Gasteiger partial charge in [-0.3, -0.25) is 0 Å². The van der Waals surface area contributed by atoms with E-state index in [1.165, 1.54) is 0 Å². The van der Waals surface area contributed by atoms with Crippen molar-refractivity contribution in [3.05, 3.63) is 17.0 Å². The van der Waals surface area contributed by atoms with Crippen molar-refractivity contribution in [2.24, 2.45) is 0 Å². The van der Waals surface area contributed by atoms with Crippen LogP contribution in [-0.2, 0) is 5.41 Å². The van der Waals surface area contributed by atoms with Gasteiger partial charge in [-0.05, 0) is 20.0 Å². The maximum atomic E-state index is 6.10. The average molecular weight is 299 g/mol. The summed E-state index contributed by atoms with van der Waals surface area (Å²) in [6.07, 6.45) is 0. The normalized spacial score (nSPS) is 13.6. The van der Waals surface area contributed by atoms with Crippen molar-refractivity contribution in [1.29, 1.82) is 0 Å². The Morgan fingerprint density at radius 1 is 1.25 bits per heavy atom. The number of aromatic nitrogens is 2. The fourth-order valence-corrected chi connectivity index (χ4v) is 2.18. The molecule has 0 aromatic carbocycles. The highest BCUT2D eigenvalue weighted by Gasteiger charge is 2.19. The molecule has 0 fully saturated rings. The summed E-state index contributed by atoms with van der Waals surface area (Å²) in [5.41, 5.74) is -0.108. The smallest absolute Gasteiger partial charge is 0.137 e. The van der Waals surface area contributed by atoms with Crippen LogP contribution in [0.3, 0.4) is 0 Å². The summed E-state index contributed by atoms with van der Waals surface area (Å²) in [4.78, 5) is 11.3. The zero-order valence-electron chi connectivity index (χ0n) is 13.5. The van der Waals surface area contributed by atoms with Gasteiger partial charge < -0.3 is 10.2 Å². The number of nitrogens with zero attached hydrogens (tertiary/aromatic N) is 3. The van der Waals surface area contributed by atoms with Gasteiger partial charge in [-0.25, -0.2) is 9.97 Å². The lowest BCUT2D eigenvalue weighted by Gasteiger charge is -2.24. The van der Waals surface area contributed by atoms with Gasteiger partial charge in [0.15, 0.2) is 0 Å². The summed E-state index contributed by atoms with van der Waals surface area (Å²) >= 11 is 6.10. The molecule has 0 aliphatic rings. The molecule has 20 heavy (non-hydrogen) atoms. The molecular formula is C15H27ClN4. The van der Waals surface area contributed by atoms with Crippen LogP contribution in [0, 0.1) is 0 Å². The van der Waals surface area contributed by atoms with Crippen molar-refractivity contribution in [2.75, 3.05) is 25.0 Å². The minimum atomic E-state index is -0.108. The van der Waals surface area contributed by atoms with E-state index in [9.17, 15) is 0 Å². The molecule has 0 saturated carbocycles. The maximum Gasteiger partial charge on any atom is 0.137 e. The van der Waals surface area contributed by atoms with E-state index in [0.29, 0.717) is 11.2 Å². The predicted molar refractivity (Wildman–Crippen MR) is 86.6 cm³/mol. The van der Waals surface area contributed by atoms with Gasteiger partial charge in [0.1, 0.15) is 16.8 Å². The zero-order valence-corrected chi connectivity index (χ0v) is 14.3. The molecule has 1 N–H and O–H groups in total. The van der Waals surface area contributed by atoms with Gasteiger partial charge in [0.25, 0.3) is 0 Å². The first-order chi connectivity index (χ1) is 9.26. The van der Waals surface area contributed by atoms with E-state index in [1.54, 1.807) is 6.07 Å². The van der Waals surface area contributed by atoms with Crippen LogP contribution in [0.15, 0.2) is 6.07 Å². The quantitative estimate of drug-likeness (QED) is 0.815. The molecular weight excluding hydrogens is 272 g/mol. The van der Waals surface area contributed by atoms with E-state index in [4.69, 9.17) is 11.6 Å².